The standard InChI is InChI=1S/C29H36O3SSi/c1-23-16-18-25(19-17-23)33(31)22-28(30)24(2)20-21-32-34(29(3,4)5,26-12-8-6-9-13-26)27-14-10-7-11-15-27/h6-20,28,30H,21-22H2,1-5H3/b24-20+/t28-,33?/m0/s1. The summed E-state index contributed by atoms with van der Waals surface area (Å²) in [5.74, 6) is 0.171. The molecule has 0 heterocycles. The van der Waals surface area contributed by atoms with Crippen molar-refractivity contribution in [2.75, 3.05) is 12.4 Å². The topological polar surface area (TPSA) is 46.5 Å². The van der Waals surface area contributed by atoms with E-state index in [9.17, 15) is 9.32 Å². The van der Waals surface area contributed by atoms with E-state index in [0.29, 0.717) is 6.61 Å². The Morgan fingerprint density at radius 3 is 1.91 bits per heavy atom. The zero-order valence-electron chi connectivity index (χ0n) is 20.8. The minimum absolute atomic E-state index is 0.108. The molecule has 0 saturated carbocycles. The van der Waals surface area contributed by atoms with Crippen LogP contribution in [0.3, 0.4) is 0 Å². The number of hydrogen-bond donors (Lipinski definition) is 1. The third-order valence-electron chi connectivity index (χ3n) is 6.24. The summed E-state index contributed by atoms with van der Waals surface area (Å²) < 4.78 is 19.6. The molecule has 0 aliphatic rings. The second-order valence-corrected chi connectivity index (χ2v) is 15.6. The normalized spacial score (nSPS) is 14.6. The molecule has 3 rings (SSSR count). The van der Waals surface area contributed by atoms with E-state index in [1.54, 1.807) is 0 Å². The highest BCUT2D eigenvalue weighted by molar-refractivity contribution is 7.85. The molecule has 0 aliphatic carbocycles. The van der Waals surface area contributed by atoms with Gasteiger partial charge in [-0.3, -0.25) is 4.21 Å². The smallest absolute Gasteiger partial charge is 0.261 e. The molecule has 34 heavy (non-hydrogen) atoms. The van der Waals surface area contributed by atoms with Crippen LogP contribution in [-0.4, -0.2) is 36.1 Å². The summed E-state index contributed by atoms with van der Waals surface area (Å²) in [5.41, 5.74) is 1.90. The van der Waals surface area contributed by atoms with Crippen LogP contribution in [0.5, 0.6) is 0 Å². The van der Waals surface area contributed by atoms with Gasteiger partial charge in [0.25, 0.3) is 8.32 Å². The van der Waals surface area contributed by atoms with Crippen LogP contribution in [0, 0.1) is 6.92 Å². The van der Waals surface area contributed by atoms with Crippen molar-refractivity contribution >= 4 is 29.5 Å². The van der Waals surface area contributed by atoms with Crippen LogP contribution >= 0.6 is 0 Å². The van der Waals surface area contributed by atoms with Gasteiger partial charge < -0.3 is 9.53 Å². The number of benzene rings is 3. The molecule has 5 heteroatoms. The molecule has 0 radical (unpaired) electrons. The van der Waals surface area contributed by atoms with Crippen LogP contribution in [0.15, 0.2) is 101 Å². The fourth-order valence-electron chi connectivity index (χ4n) is 4.26. The highest BCUT2D eigenvalue weighted by Crippen LogP contribution is 2.36. The number of rotatable bonds is 9. The van der Waals surface area contributed by atoms with Crippen LogP contribution in [0.2, 0.25) is 5.04 Å². The third kappa shape index (κ3) is 6.02. The average Bonchev–Trinajstić information content (AvgIpc) is 2.82. The van der Waals surface area contributed by atoms with Crippen LogP contribution in [0.25, 0.3) is 0 Å². The van der Waals surface area contributed by atoms with Gasteiger partial charge in [-0.15, -0.1) is 0 Å². The Balaban J connectivity index is 1.82. The van der Waals surface area contributed by atoms with Crippen molar-refractivity contribution in [1.29, 1.82) is 0 Å². The molecule has 0 amide bonds. The molecule has 3 nitrogen and oxygen atoms in total. The first-order valence-corrected chi connectivity index (χ1v) is 14.9. The largest absolute Gasteiger partial charge is 0.404 e. The highest BCUT2D eigenvalue weighted by atomic mass is 32.2. The molecule has 0 spiro atoms. The Bertz CT molecular complexity index is 1060. The van der Waals surface area contributed by atoms with Gasteiger partial charge in [-0.25, -0.2) is 0 Å². The fraction of sp³-hybridized carbons (Fsp3) is 0.310. The second-order valence-electron chi connectivity index (χ2n) is 9.76. The maximum absolute atomic E-state index is 12.7. The summed E-state index contributed by atoms with van der Waals surface area (Å²) in [6, 6.07) is 28.6. The summed E-state index contributed by atoms with van der Waals surface area (Å²) in [7, 11) is -3.89. The van der Waals surface area contributed by atoms with Crippen LogP contribution < -0.4 is 10.4 Å². The Morgan fingerprint density at radius 1 is 0.941 bits per heavy atom. The molecule has 0 aromatic heterocycles. The van der Waals surface area contributed by atoms with Gasteiger partial charge in [0.2, 0.25) is 0 Å². The Kier molecular flexibility index (Phi) is 8.82. The van der Waals surface area contributed by atoms with Gasteiger partial charge in [0.15, 0.2) is 0 Å². The molecule has 1 N–H and O–H groups in total. The second kappa shape index (κ2) is 11.4. The number of hydrogen-bond acceptors (Lipinski definition) is 3. The van der Waals surface area contributed by atoms with Crippen molar-refractivity contribution in [1.82, 2.24) is 0 Å². The predicted octanol–water partition coefficient (Wildman–Crippen LogP) is 4.99. The highest BCUT2D eigenvalue weighted by Gasteiger charge is 2.49. The third-order valence-corrected chi connectivity index (χ3v) is 12.7. The first-order chi connectivity index (χ1) is 16.1. The summed E-state index contributed by atoms with van der Waals surface area (Å²) in [6.45, 7) is 11.0. The van der Waals surface area contributed by atoms with Crippen molar-refractivity contribution < 1.29 is 13.7 Å². The van der Waals surface area contributed by atoms with Crippen molar-refractivity contribution in [3.63, 3.8) is 0 Å². The molecule has 1 unspecified atom stereocenters. The van der Waals surface area contributed by atoms with Gasteiger partial charge in [0, 0.05) is 4.90 Å². The molecule has 2 atom stereocenters. The van der Waals surface area contributed by atoms with Crippen molar-refractivity contribution in [2.24, 2.45) is 0 Å². The minimum atomic E-state index is -2.63. The molecule has 3 aromatic rings. The zero-order chi connectivity index (χ0) is 24.8. The van der Waals surface area contributed by atoms with E-state index >= 15 is 0 Å². The lowest BCUT2D eigenvalue weighted by Crippen LogP contribution is -2.66. The molecule has 3 aromatic carbocycles. The van der Waals surface area contributed by atoms with E-state index in [1.807, 2.05) is 56.3 Å². The zero-order valence-corrected chi connectivity index (χ0v) is 22.6. The van der Waals surface area contributed by atoms with Crippen LogP contribution in [0.4, 0.5) is 0 Å². The van der Waals surface area contributed by atoms with E-state index in [-0.39, 0.29) is 10.8 Å². The average molecular weight is 493 g/mol. The van der Waals surface area contributed by atoms with Gasteiger partial charge in [0.1, 0.15) is 0 Å². The van der Waals surface area contributed by atoms with E-state index in [0.717, 1.165) is 16.0 Å². The summed E-state index contributed by atoms with van der Waals surface area (Å²) in [5, 5.41) is 13.1. The van der Waals surface area contributed by atoms with E-state index in [1.165, 1.54) is 10.4 Å². The lowest BCUT2D eigenvalue weighted by Gasteiger charge is -2.42. The number of aliphatic hydroxyl groups is 1. The van der Waals surface area contributed by atoms with Gasteiger partial charge in [-0.2, -0.15) is 0 Å². The fourth-order valence-corrected chi connectivity index (χ4v) is 9.93. The lowest BCUT2D eigenvalue weighted by atomic mass is 10.2. The maximum atomic E-state index is 12.7. The SMILES string of the molecule is C/C(=C\CO[Si](c1ccccc1)(c1ccccc1)C(C)(C)C)[C@@H](O)CS(=O)c1ccc(C)cc1. The lowest BCUT2D eigenvalue weighted by molar-refractivity contribution is 0.232. The number of aliphatic hydroxyl groups excluding tert-OH is 1. The summed E-state index contributed by atoms with van der Waals surface area (Å²) in [4.78, 5) is 0.737. The summed E-state index contributed by atoms with van der Waals surface area (Å²) in [6.07, 6.45) is 1.15. The van der Waals surface area contributed by atoms with E-state index in [2.05, 4.69) is 69.3 Å². The molecule has 0 fully saturated rings. The minimum Gasteiger partial charge on any atom is -0.404 e. The molecular weight excluding hydrogens is 456 g/mol. The molecular formula is C29H36O3SSi. The van der Waals surface area contributed by atoms with Crippen molar-refractivity contribution in [3.8, 4) is 0 Å². The summed E-state index contributed by atoms with van der Waals surface area (Å²) >= 11 is 0. The Hall–Kier alpha value is -2.31. The Labute approximate surface area is 208 Å². The van der Waals surface area contributed by atoms with Crippen molar-refractivity contribution in [3.05, 3.63) is 102 Å². The first kappa shape index (κ1) is 26.3. The Morgan fingerprint density at radius 2 is 1.44 bits per heavy atom. The maximum Gasteiger partial charge on any atom is 0.261 e. The molecule has 0 saturated heterocycles. The van der Waals surface area contributed by atoms with E-state index in [4.69, 9.17) is 4.43 Å². The number of aryl methyl sites for hydroxylation is 1. The first-order valence-electron chi connectivity index (χ1n) is 11.7. The molecule has 0 aliphatic heterocycles. The molecule has 0 bridgehead atoms. The van der Waals surface area contributed by atoms with Gasteiger partial charge in [-0.1, -0.05) is 105 Å². The quantitative estimate of drug-likeness (QED) is 0.338. The van der Waals surface area contributed by atoms with Gasteiger partial charge >= 0.3 is 0 Å². The van der Waals surface area contributed by atoms with Gasteiger partial charge in [0.05, 0.1) is 29.3 Å². The predicted molar refractivity (Wildman–Crippen MR) is 146 cm³/mol. The van der Waals surface area contributed by atoms with Crippen molar-refractivity contribution in [2.45, 2.75) is 50.7 Å². The van der Waals surface area contributed by atoms with Crippen LogP contribution in [0.1, 0.15) is 33.3 Å². The van der Waals surface area contributed by atoms with Gasteiger partial charge in [-0.05, 0) is 47.0 Å². The van der Waals surface area contributed by atoms with E-state index < -0.39 is 25.2 Å². The monoisotopic (exact) mass is 492 g/mol. The van der Waals surface area contributed by atoms with Crippen LogP contribution in [-0.2, 0) is 15.2 Å². The molecule has 180 valence electrons.